The normalized spacial score (nSPS) is 20.2. The van der Waals surface area contributed by atoms with Crippen LogP contribution in [-0.4, -0.2) is 23.9 Å². The highest BCUT2D eigenvalue weighted by Crippen LogP contribution is 2.17. The molecule has 0 radical (unpaired) electrons. The first kappa shape index (κ1) is 9.56. The van der Waals surface area contributed by atoms with Crippen molar-refractivity contribution in [1.82, 2.24) is 4.90 Å². The third-order valence-electron chi connectivity index (χ3n) is 2.59. The summed E-state index contributed by atoms with van der Waals surface area (Å²) in [6.45, 7) is 8.15. The summed E-state index contributed by atoms with van der Waals surface area (Å²) in [7, 11) is 0. The topological polar surface area (TPSA) is 20.3 Å². The maximum absolute atomic E-state index is 11.5. The second kappa shape index (κ2) is 3.92. The zero-order chi connectivity index (χ0) is 9.14. The van der Waals surface area contributed by atoms with Crippen LogP contribution in [0.3, 0.4) is 0 Å². The van der Waals surface area contributed by atoms with Gasteiger partial charge in [0.25, 0.3) is 0 Å². The first-order valence-corrected chi connectivity index (χ1v) is 4.90. The van der Waals surface area contributed by atoms with E-state index in [9.17, 15) is 4.79 Å². The Labute approximate surface area is 74.9 Å². The van der Waals surface area contributed by atoms with Gasteiger partial charge in [-0.2, -0.15) is 0 Å². The number of piperidine rings is 1. The number of hydrogen-bond acceptors (Lipinski definition) is 1. The standard InChI is InChI=1S/C10H19NO/c1-8(2)10(12)11-6-4-9(3)5-7-11/h8-9H,4-7H2,1-3H3. The Bertz CT molecular complexity index is 157. The Morgan fingerprint density at radius 2 is 1.83 bits per heavy atom. The highest BCUT2D eigenvalue weighted by atomic mass is 16.2. The molecule has 0 aromatic heterocycles. The van der Waals surface area contributed by atoms with Crippen LogP contribution < -0.4 is 0 Å². The molecule has 1 saturated heterocycles. The molecule has 12 heavy (non-hydrogen) atoms. The van der Waals surface area contributed by atoms with Gasteiger partial charge in [0, 0.05) is 19.0 Å². The van der Waals surface area contributed by atoms with Gasteiger partial charge in [-0.25, -0.2) is 0 Å². The van der Waals surface area contributed by atoms with Gasteiger partial charge < -0.3 is 4.90 Å². The van der Waals surface area contributed by atoms with Crippen molar-refractivity contribution < 1.29 is 4.79 Å². The van der Waals surface area contributed by atoms with E-state index >= 15 is 0 Å². The van der Waals surface area contributed by atoms with Crippen LogP contribution in [0, 0.1) is 11.8 Å². The molecule has 1 rings (SSSR count). The Kier molecular flexibility index (Phi) is 3.12. The lowest BCUT2D eigenvalue weighted by Gasteiger charge is -2.31. The molecule has 0 atom stereocenters. The number of nitrogens with zero attached hydrogens (tertiary/aromatic N) is 1. The minimum Gasteiger partial charge on any atom is -0.342 e. The number of hydrogen-bond donors (Lipinski definition) is 0. The predicted octanol–water partition coefficient (Wildman–Crippen LogP) is 1.90. The van der Waals surface area contributed by atoms with Crippen LogP contribution >= 0.6 is 0 Å². The number of likely N-dealkylation sites (tertiary alicyclic amines) is 1. The summed E-state index contributed by atoms with van der Waals surface area (Å²) in [5.41, 5.74) is 0. The third kappa shape index (κ3) is 2.23. The van der Waals surface area contributed by atoms with E-state index in [1.54, 1.807) is 0 Å². The molecule has 70 valence electrons. The quantitative estimate of drug-likeness (QED) is 0.587. The number of amides is 1. The summed E-state index contributed by atoms with van der Waals surface area (Å²) in [5, 5.41) is 0. The van der Waals surface area contributed by atoms with Crippen LogP contribution in [0.15, 0.2) is 0 Å². The van der Waals surface area contributed by atoms with Crippen LogP contribution in [0.25, 0.3) is 0 Å². The van der Waals surface area contributed by atoms with Crippen molar-refractivity contribution >= 4 is 5.91 Å². The van der Waals surface area contributed by atoms with Crippen molar-refractivity contribution in [3.05, 3.63) is 0 Å². The molecule has 1 aliphatic heterocycles. The van der Waals surface area contributed by atoms with E-state index in [2.05, 4.69) is 6.92 Å². The average Bonchev–Trinajstić information content (AvgIpc) is 2.04. The van der Waals surface area contributed by atoms with E-state index in [1.165, 1.54) is 12.8 Å². The van der Waals surface area contributed by atoms with Gasteiger partial charge in [-0.1, -0.05) is 20.8 Å². The van der Waals surface area contributed by atoms with Crippen molar-refractivity contribution in [2.24, 2.45) is 11.8 Å². The van der Waals surface area contributed by atoms with Crippen molar-refractivity contribution in [2.45, 2.75) is 33.6 Å². The van der Waals surface area contributed by atoms with Gasteiger partial charge in [-0.3, -0.25) is 4.79 Å². The van der Waals surface area contributed by atoms with Gasteiger partial charge in [0.05, 0.1) is 0 Å². The molecule has 1 fully saturated rings. The van der Waals surface area contributed by atoms with E-state index in [4.69, 9.17) is 0 Å². The molecule has 0 saturated carbocycles. The molecule has 1 heterocycles. The Balaban J connectivity index is 2.39. The summed E-state index contributed by atoms with van der Waals surface area (Å²) >= 11 is 0. The maximum atomic E-state index is 11.5. The number of carbonyl (C=O) groups is 1. The fraction of sp³-hybridized carbons (Fsp3) is 0.900. The molecule has 2 nitrogen and oxygen atoms in total. The van der Waals surface area contributed by atoms with Gasteiger partial charge in [0.2, 0.25) is 5.91 Å². The van der Waals surface area contributed by atoms with E-state index in [-0.39, 0.29) is 5.92 Å². The van der Waals surface area contributed by atoms with Crippen LogP contribution in [0.5, 0.6) is 0 Å². The second-order valence-corrected chi connectivity index (χ2v) is 4.16. The molecular weight excluding hydrogens is 150 g/mol. The van der Waals surface area contributed by atoms with Gasteiger partial charge in [-0.15, -0.1) is 0 Å². The van der Waals surface area contributed by atoms with Crippen LogP contribution in [-0.2, 0) is 4.79 Å². The zero-order valence-electron chi connectivity index (χ0n) is 8.34. The van der Waals surface area contributed by atoms with Crippen molar-refractivity contribution in [2.75, 3.05) is 13.1 Å². The lowest BCUT2D eigenvalue weighted by atomic mass is 9.98. The summed E-state index contributed by atoms with van der Waals surface area (Å²) in [6.07, 6.45) is 2.36. The smallest absolute Gasteiger partial charge is 0.225 e. The monoisotopic (exact) mass is 169 g/mol. The van der Waals surface area contributed by atoms with Gasteiger partial charge in [0.15, 0.2) is 0 Å². The molecule has 0 unspecified atom stereocenters. The van der Waals surface area contributed by atoms with Crippen molar-refractivity contribution in [3.63, 3.8) is 0 Å². The molecule has 0 aromatic carbocycles. The summed E-state index contributed by atoms with van der Waals surface area (Å²) in [4.78, 5) is 13.5. The average molecular weight is 169 g/mol. The molecule has 1 aliphatic rings. The minimum absolute atomic E-state index is 0.165. The fourth-order valence-corrected chi connectivity index (χ4v) is 1.59. The molecule has 0 N–H and O–H groups in total. The molecule has 0 aromatic rings. The molecular formula is C10H19NO. The fourth-order valence-electron chi connectivity index (χ4n) is 1.59. The van der Waals surface area contributed by atoms with Crippen LogP contribution in [0.4, 0.5) is 0 Å². The summed E-state index contributed by atoms with van der Waals surface area (Å²) in [5.74, 6) is 1.29. The van der Waals surface area contributed by atoms with Gasteiger partial charge in [-0.05, 0) is 18.8 Å². The summed E-state index contributed by atoms with van der Waals surface area (Å²) < 4.78 is 0. The van der Waals surface area contributed by atoms with Gasteiger partial charge in [0.1, 0.15) is 0 Å². The molecule has 1 amide bonds. The molecule has 0 spiro atoms. The second-order valence-electron chi connectivity index (χ2n) is 4.16. The largest absolute Gasteiger partial charge is 0.342 e. The van der Waals surface area contributed by atoms with Crippen LogP contribution in [0.2, 0.25) is 0 Å². The van der Waals surface area contributed by atoms with E-state index in [1.807, 2.05) is 18.7 Å². The Hall–Kier alpha value is -0.530. The number of carbonyl (C=O) groups excluding carboxylic acids is 1. The summed E-state index contributed by atoms with van der Waals surface area (Å²) in [6, 6.07) is 0. The van der Waals surface area contributed by atoms with Crippen molar-refractivity contribution in [3.8, 4) is 0 Å². The van der Waals surface area contributed by atoms with Crippen LogP contribution in [0.1, 0.15) is 33.6 Å². The van der Waals surface area contributed by atoms with Crippen molar-refractivity contribution in [1.29, 1.82) is 0 Å². The minimum atomic E-state index is 0.165. The van der Waals surface area contributed by atoms with E-state index < -0.39 is 0 Å². The number of rotatable bonds is 1. The maximum Gasteiger partial charge on any atom is 0.225 e. The highest BCUT2D eigenvalue weighted by Gasteiger charge is 2.21. The SMILES string of the molecule is CC1CCN(C(=O)C(C)C)CC1. The van der Waals surface area contributed by atoms with E-state index in [0.29, 0.717) is 5.91 Å². The Morgan fingerprint density at radius 1 is 1.33 bits per heavy atom. The van der Waals surface area contributed by atoms with E-state index in [0.717, 1.165) is 19.0 Å². The third-order valence-corrected chi connectivity index (χ3v) is 2.59. The molecule has 2 heteroatoms. The first-order chi connectivity index (χ1) is 5.61. The molecule has 0 bridgehead atoms. The lowest BCUT2D eigenvalue weighted by molar-refractivity contribution is -0.135. The predicted molar refractivity (Wildman–Crippen MR) is 49.8 cm³/mol. The zero-order valence-corrected chi connectivity index (χ0v) is 8.34. The lowest BCUT2D eigenvalue weighted by Crippen LogP contribution is -2.40. The highest BCUT2D eigenvalue weighted by molar-refractivity contribution is 5.78. The first-order valence-electron chi connectivity index (χ1n) is 4.90. The molecule has 0 aliphatic carbocycles. The Morgan fingerprint density at radius 3 is 2.25 bits per heavy atom. The van der Waals surface area contributed by atoms with Gasteiger partial charge >= 0.3 is 0 Å².